The SMILES string of the molecule is CCOCCNC(=NC)NCc1ccc(C(=O)N2CCCCC2)cc1. The fourth-order valence-corrected chi connectivity index (χ4v) is 2.84. The molecule has 0 atom stereocenters. The van der Waals surface area contributed by atoms with Crippen molar-refractivity contribution in [2.45, 2.75) is 32.7 Å². The fraction of sp³-hybridized carbons (Fsp3) is 0.579. The van der Waals surface area contributed by atoms with Gasteiger partial charge in [-0.2, -0.15) is 0 Å². The minimum Gasteiger partial charge on any atom is -0.380 e. The average Bonchev–Trinajstić information content (AvgIpc) is 2.68. The second-order valence-electron chi connectivity index (χ2n) is 6.10. The first-order chi connectivity index (χ1) is 12.2. The van der Waals surface area contributed by atoms with Crippen molar-refractivity contribution in [3.05, 3.63) is 35.4 Å². The van der Waals surface area contributed by atoms with E-state index in [0.717, 1.165) is 56.2 Å². The molecule has 0 saturated carbocycles. The molecule has 1 fully saturated rings. The molecule has 1 saturated heterocycles. The van der Waals surface area contributed by atoms with E-state index in [0.29, 0.717) is 13.2 Å². The molecule has 138 valence electrons. The van der Waals surface area contributed by atoms with E-state index < -0.39 is 0 Å². The van der Waals surface area contributed by atoms with Crippen LogP contribution in [0.3, 0.4) is 0 Å². The third-order valence-electron chi connectivity index (χ3n) is 4.27. The highest BCUT2D eigenvalue weighted by Gasteiger charge is 2.17. The molecule has 0 unspecified atom stereocenters. The van der Waals surface area contributed by atoms with Crippen LogP contribution in [-0.2, 0) is 11.3 Å². The number of carbonyl (C=O) groups is 1. The van der Waals surface area contributed by atoms with Gasteiger partial charge in [0.2, 0.25) is 0 Å². The number of hydrogen-bond acceptors (Lipinski definition) is 3. The van der Waals surface area contributed by atoms with Crippen LogP contribution in [0.25, 0.3) is 0 Å². The van der Waals surface area contributed by atoms with Gasteiger partial charge in [0.1, 0.15) is 0 Å². The number of amides is 1. The van der Waals surface area contributed by atoms with Crippen LogP contribution in [0.2, 0.25) is 0 Å². The smallest absolute Gasteiger partial charge is 0.253 e. The molecule has 1 aromatic rings. The number of nitrogens with zero attached hydrogens (tertiary/aromatic N) is 2. The molecule has 0 aliphatic carbocycles. The zero-order chi connectivity index (χ0) is 17.9. The molecule has 2 N–H and O–H groups in total. The summed E-state index contributed by atoms with van der Waals surface area (Å²) in [5.41, 5.74) is 1.88. The van der Waals surface area contributed by atoms with Gasteiger partial charge in [0.15, 0.2) is 5.96 Å². The summed E-state index contributed by atoms with van der Waals surface area (Å²) in [6.07, 6.45) is 3.46. The predicted octanol–water partition coefficient (Wildman–Crippen LogP) is 2.01. The number of likely N-dealkylation sites (tertiary alicyclic amines) is 1. The van der Waals surface area contributed by atoms with Crippen LogP contribution < -0.4 is 10.6 Å². The lowest BCUT2D eigenvalue weighted by atomic mass is 10.1. The number of guanidine groups is 1. The molecule has 6 nitrogen and oxygen atoms in total. The van der Waals surface area contributed by atoms with Crippen molar-refractivity contribution in [1.29, 1.82) is 0 Å². The average molecular weight is 346 g/mol. The lowest BCUT2D eigenvalue weighted by molar-refractivity contribution is 0.0724. The lowest BCUT2D eigenvalue weighted by Gasteiger charge is -2.26. The summed E-state index contributed by atoms with van der Waals surface area (Å²) in [5.74, 6) is 0.890. The van der Waals surface area contributed by atoms with E-state index in [9.17, 15) is 4.79 Å². The Morgan fingerprint density at radius 3 is 2.52 bits per heavy atom. The first-order valence-electron chi connectivity index (χ1n) is 9.15. The Balaban J connectivity index is 1.80. The van der Waals surface area contributed by atoms with Gasteiger partial charge in [0.25, 0.3) is 5.91 Å². The number of ether oxygens (including phenoxy) is 1. The molecular weight excluding hydrogens is 316 g/mol. The van der Waals surface area contributed by atoms with Crippen molar-refractivity contribution in [2.24, 2.45) is 4.99 Å². The Hall–Kier alpha value is -2.08. The summed E-state index contributed by atoms with van der Waals surface area (Å²) >= 11 is 0. The minimum absolute atomic E-state index is 0.146. The zero-order valence-electron chi connectivity index (χ0n) is 15.4. The van der Waals surface area contributed by atoms with Crippen LogP contribution >= 0.6 is 0 Å². The molecule has 2 rings (SSSR count). The summed E-state index contributed by atoms with van der Waals surface area (Å²) in [6.45, 7) is 6.49. The number of benzene rings is 1. The number of aliphatic imine (C=N–C) groups is 1. The molecule has 0 spiro atoms. The highest BCUT2D eigenvalue weighted by atomic mass is 16.5. The Bertz CT molecular complexity index is 551. The van der Waals surface area contributed by atoms with Gasteiger partial charge in [-0.05, 0) is 43.9 Å². The largest absolute Gasteiger partial charge is 0.380 e. The second kappa shape index (κ2) is 10.7. The van der Waals surface area contributed by atoms with Crippen molar-refractivity contribution >= 4 is 11.9 Å². The van der Waals surface area contributed by atoms with Crippen molar-refractivity contribution in [3.8, 4) is 0 Å². The molecule has 0 radical (unpaired) electrons. The number of carbonyl (C=O) groups excluding carboxylic acids is 1. The quantitative estimate of drug-likeness (QED) is 0.450. The van der Waals surface area contributed by atoms with Gasteiger partial charge in [0, 0.05) is 45.4 Å². The van der Waals surface area contributed by atoms with Crippen molar-refractivity contribution in [2.75, 3.05) is 39.9 Å². The highest BCUT2D eigenvalue weighted by molar-refractivity contribution is 5.94. The number of hydrogen-bond donors (Lipinski definition) is 2. The Morgan fingerprint density at radius 1 is 1.16 bits per heavy atom. The highest BCUT2D eigenvalue weighted by Crippen LogP contribution is 2.13. The fourth-order valence-electron chi connectivity index (χ4n) is 2.84. The molecule has 1 aliphatic rings. The molecule has 1 heterocycles. The van der Waals surface area contributed by atoms with Gasteiger partial charge in [0.05, 0.1) is 6.61 Å². The van der Waals surface area contributed by atoms with Crippen molar-refractivity contribution in [1.82, 2.24) is 15.5 Å². The van der Waals surface area contributed by atoms with E-state index in [2.05, 4.69) is 15.6 Å². The van der Waals surface area contributed by atoms with Crippen LogP contribution in [0.4, 0.5) is 0 Å². The standard InChI is InChI=1S/C19H30N4O2/c1-3-25-14-11-21-19(20-2)22-15-16-7-9-17(10-8-16)18(24)23-12-5-4-6-13-23/h7-10H,3-6,11-15H2,1-2H3,(H2,20,21,22). The van der Waals surface area contributed by atoms with E-state index in [-0.39, 0.29) is 5.91 Å². The van der Waals surface area contributed by atoms with Gasteiger partial charge >= 0.3 is 0 Å². The number of piperidine rings is 1. The predicted molar refractivity (Wildman–Crippen MR) is 101 cm³/mol. The normalized spacial score (nSPS) is 15.1. The minimum atomic E-state index is 0.146. The van der Waals surface area contributed by atoms with Gasteiger partial charge in [-0.1, -0.05) is 12.1 Å². The van der Waals surface area contributed by atoms with E-state index >= 15 is 0 Å². The number of nitrogens with one attached hydrogen (secondary N) is 2. The topological polar surface area (TPSA) is 66.0 Å². The Kier molecular flexibility index (Phi) is 8.25. The maximum absolute atomic E-state index is 12.5. The van der Waals surface area contributed by atoms with Crippen LogP contribution in [0, 0.1) is 0 Å². The third-order valence-corrected chi connectivity index (χ3v) is 4.27. The Labute approximate surface area is 150 Å². The first-order valence-corrected chi connectivity index (χ1v) is 9.15. The molecule has 1 amide bonds. The number of rotatable bonds is 7. The van der Waals surface area contributed by atoms with Crippen LogP contribution in [0.5, 0.6) is 0 Å². The van der Waals surface area contributed by atoms with Gasteiger partial charge in [-0.3, -0.25) is 9.79 Å². The maximum Gasteiger partial charge on any atom is 0.253 e. The molecule has 6 heteroatoms. The monoisotopic (exact) mass is 346 g/mol. The molecule has 25 heavy (non-hydrogen) atoms. The van der Waals surface area contributed by atoms with Crippen molar-refractivity contribution < 1.29 is 9.53 Å². The third kappa shape index (κ3) is 6.38. The van der Waals surface area contributed by atoms with E-state index in [1.807, 2.05) is 36.1 Å². The van der Waals surface area contributed by atoms with E-state index in [4.69, 9.17) is 4.74 Å². The molecular formula is C19H30N4O2. The van der Waals surface area contributed by atoms with Crippen LogP contribution in [0.1, 0.15) is 42.1 Å². The summed E-state index contributed by atoms with van der Waals surface area (Å²) in [6, 6.07) is 7.83. The summed E-state index contributed by atoms with van der Waals surface area (Å²) in [4.78, 5) is 18.6. The maximum atomic E-state index is 12.5. The Morgan fingerprint density at radius 2 is 1.88 bits per heavy atom. The molecule has 0 bridgehead atoms. The molecule has 1 aliphatic heterocycles. The zero-order valence-corrected chi connectivity index (χ0v) is 15.4. The van der Waals surface area contributed by atoms with E-state index in [1.165, 1.54) is 6.42 Å². The van der Waals surface area contributed by atoms with Gasteiger partial charge in [-0.15, -0.1) is 0 Å². The second-order valence-corrected chi connectivity index (χ2v) is 6.10. The summed E-state index contributed by atoms with van der Waals surface area (Å²) in [5, 5.41) is 6.46. The molecule has 0 aromatic heterocycles. The lowest BCUT2D eigenvalue weighted by Crippen LogP contribution is -2.38. The van der Waals surface area contributed by atoms with Crippen molar-refractivity contribution in [3.63, 3.8) is 0 Å². The molecule has 1 aromatic carbocycles. The summed E-state index contributed by atoms with van der Waals surface area (Å²) < 4.78 is 5.30. The van der Waals surface area contributed by atoms with E-state index in [1.54, 1.807) is 7.05 Å². The van der Waals surface area contributed by atoms with Crippen LogP contribution in [-0.4, -0.2) is 56.7 Å². The van der Waals surface area contributed by atoms with Gasteiger partial charge < -0.3 is 20.3 Å². The van der Waals surface area contributed by atoms with Gasteiger partial charge in [-0.25, -0.2) is 0 Å². The first kappa shape index (κ1) is 19.2. The summed E-state index contributed by atoms with van der Waals surface area (Å²) in [7, 11) is 1.75. The van der Waals surface area contributed by atoms with Crippen LogP contribution in [0.15, 0.2) is 29.3 Å².